The fourth-order valence-electron chi connectivity index (χ4n) is 2.00. The van der Waals surface area contributed by atoms with E-state index < -0.39 is 0 Å². The molecule has 0 spiro atoms. The minimum Gasteiger partial charge on any atom is -0.497 e. The van der Waals surface area contributed by atoms with Crippen molar-refractivity contribution in [2.75, 3.05) is 12.4 Å². The Bertz CT molecular complexity index is 674. The molecule has 0 bridgehead atoms. The Hall–Kier alpha value is -2.55. The zero-order valence-corrected chi connectivity index (χ0v) is 12.5. The minimum absolute atomic E-state index is 0.108. The molecule has 1 N–H and O–H groups in total. The quantitative estimate of drug-likeness (QED) is 0.859. The second kappa shape index (κ2) is 6.75. The van der Waals surface area contributed by atoms with Crippen LogP contribution in [0.2, 0.25) is 0 Å². The summed E-state index contributed by atoms with van der Waals surface area (Å²) in [6.07, 6.45) is 1.84. The highest BCUT2D eigenvalue weighted by Crippen LogP contribution is 2.16. The van der Waals surface area contributed by atoms with E-state index in [0.717, 1.165) is 22.6 Å². The van der Waals surface area contributed by atoms with Gasteiger partial charge in [0.05, 0.1) is 7.11 Å². The molecule has 0 saturated heterocycles. The number of anilines is 1. The summed E-state index contributed by atoms with van der Waals surface area (Å²) in [5, 5.41) is 2.89. The van der Waals surface area contributed by atoms with E-state index >= 15 is 0 Å². The molecule has 21 heavy (non-hydrogen) atoms. The van der Waals surface area contributed by atoms with Crippen molar-refractivity contribution in [3.63, 3.8) is 0 Å². The average Bonchev–Trinajstić information content (AvgIpc) is 2.47. The molecule has 0 aliphatic rings. The lowest BCUT2D eigenvalue weighted by Crippen LogP contribution is -2.12. The molecular formula is C18H19NO2. The van der Waals surface area contributed by atoms with Crippen LogP contribution in [-0.4, -0.2) is 13.0 Å². The maximum atomic E-state index is 12.2. The van der Waals surface area contributed by atoms with Crippen LogP contribution in [0, 0.1) is 6.92 Å². The van der Waals surface area contributed by atoms with Crippen LogP contribution in [-0.2, 0) is 4.79 Å². The van der Waals surface area contributed by atoms with Gasteiger partial charge in [0.25, 0.3) is 5.91 Å². The Morgan fingerprint density at radius 3 is 2.62 bits per heavy atom. The van der Waals surface area contributed by atoms with Gasteiger partial charge < -0.3 is 10.1 Å². The van der Waals surface area contributed by atoms with Gasteiger partial charge in [-0.15, -0.1) is 0 Å². The first-order valence-corrected chi connectivity index (χ1v) is 6.79. The van der Waals surface area contributed by atoms with E-state index in [9.17, 15) is 4.79 Å². The Labute approximate surface area is 125 Å². The van der Waals surface area contributed by atoms with Crippen LogP contribution in [0.5, 0.6) is 5.75 Å². The molecule has 0 atom stereocenters. The first-order chi connectivity index (χ1) is 10.1. The standard InChI is InChI=1S/C18H19NO2/c1-13-6-4-8-16(10-13)19-18(20)14(2)11-15-7-5-9-17(12-15)21-3/h4-12H,1-3H3,(H,19,20). The Kier molecular flexibility index (Phi) is 4.77. The number of ether oxygens (including phenoxy) is 1. The van der Waals surface area contributed by atoms with Crippen LogP contribution in [0.25, 0.3) is 6.08 Å². The molecule has 1 amide bonds. The third-order valence-electron chi connectivity index (χ3n) is 3.11. The van der Waals surface area contributed by atoms with Crippen LogP contribution < -0.4 is 10.1 Å². The summed E-state index contributed by atoms with van der Waals surface area (Å²) in [4.78, 5) is 12.2. The van der Waals surface area contributed by atoms with Crippen molar-refractivity contribution in [1.29, 1.82) is 0 Å². The normalized spacial score (nSPS) is 11.1. The van der Waals surface area contributed by atoms with Gasteiger partial charge in [-0.2, -0.15) is 0 Å². The van der Waals surface area contributed by atoms with Crippen molar-refractivity contribution in [3.8, 4) is 5.75 Å². The monoisotopic (exact) mass is 281 g/mol. The molecule has 3 heteroatoms. The van der Waals surface area contributed by atoms with Crippen molar-refractivity contribution in [3.05, 3.63) is 65.2 Å². The number of hydrogen-bond acceptors (Lipinski definition) is 2. The summed E-state index contributed by atoms with van der Waals surface area (Å²) < 4.78 is 5.18. The smallest absolute Gasteiger partial charge is 0.251 e. The van der Waals surface area contributed by atoms with Crippen LogP contribution in [0.3, 0.4) is 0 Å². The van der Waals surface area contributed by atoms with E-state index in [1.165, 1.54) is 0 Å². The molecule has 0 aromatic heterocycles. The molecule has 0 unspecified atom stereocenters. The summed E-state index contributed by atoms with van der Waals surface area (Å²) in [5.41, 5.74) is 3.50. The summed E-state index contributed by atoms with van der Waals surface area (Å²) >= 11 is 0. The molecule has 0 aliphatic heterocycles. The Morgan fingerprint density at radius 1 is 1.14 bits per heavy atom. The number of carbonyl (C=O) groups is 1. The zero-order valence-electron chi connectivity index (χ0n) is 12.5. The highest BCUT2D eigenvalue weighted by molar-refractivity contribution is 6.06. The van der Waals surface area contributed by atoms with Crippen LogP contribution in [0.15, 0.2) is 54.1 Å². The van der Waals surface area contributed by atoms with Crippen LogP contribution in [0.4, 0.5) is 5.69 Å². The van der Waals surface area contributed by atoms with E-state index in [1.807, 2.05) is 61.5 Å². The molecule has 2 aromatic carbocycles. The van der Waals surface area contributed by atoms with Gasteiger partial charge >= 0.3 is 0 Å². The molecule has 0 saturated carbocycles. The fourth-order valence-corrected chi connectivity index (χ4v) is 2.00. The number of methoxy groups -OCH3 is 1. The highest BCUT2D eigenvalue weighted by atomic mass is 16.5. The molecule has 108 valence electrons. The third-order valence-corrected chi connectivity index (χ3v) is 3.11. The summed E-state index contributed by atoms with van der Waals surface area (Å²) in [6, 6.07) is 15.3. The minimum atomic E-state index is -0.108. The number of carbonyl (C=O) groups excluding carboxylic acids is 1. The summed E-state index contributed by atoms with van der Waals surface area (Å²) in [6.45, 7) is 3.79. The molecule has 0 aliphatic carbocycles. The van der Waals surface area contributed by atoms with Gasteiger partial charge in [0.15, 0.2) is 0 Å². The highest BCUT2D eigenvalue weighted by Gasteiger charge is 2.05. The van der Waals surface area contributed by atoms with Crippen molar-refractivity contribution in [1.82, 2.24) is 0 Å². The van der Waals surface area contributed by atoms with Gasteiger partial charge in [-0.05, 0) is 55.3 Å². The van der Waals surface area contributed by atoms with E-state index in [1.54, 1.807) is 14.0 Å². The SMILES string of the molecule is COc1cccc(C=C(C)C(=O)Nc2cccc(C)c2)c1. The predicted octanol–water partition coefficient (Wildman–Crippen LogP) is 4.05. The largest absolute Gasteiger partial charge is 0.497 e. The summed E-state index contributed by atoms with van der Waals surface area (Å²) in [5.74, 6) is 0.666. The molecular weight excluding hydrogens is 262 g/mol. The van der Waals surface area contributed by atoms with Gasteiger partial charge in [0.1, 0.15) is 5.75 Å². The van der Waals surface area contributed by atoms with Crippen molar-refractivity contribution < 1.29 is 9.53 Å². The van der Waals surface area contributed by atoms with Crippen molar-refractivity contribution in [2.24, 2.45) is 0 Å². The number of rotatable bonds is 4. The van der Waals surface area contributed by atoms with Gasteiger partial charge in [-0.3, -0.25) is 4.79 Å². The predicted molar refractivity (Wildman–Crippen MR) is 86.5 cm³/mol. The number of aryl methyl sites for hydroxylation is 1. The third kappa shape index (κ3) is 4.21. The lowest BCUT2D eigenvalue weighted by atomic mass is 10.1. The van der Waals surface area contributed by atoms with Crippen LogP contribution >= 0.6 is 0 Å². The number of amides is 1. The van der Waals surface area contributed by atoms with Crippen molar-refractivity contribution >= 4 is 17.7 Å². The molecule has 2 rings (SSSR count). The Balaban J connectivity index is 2.12. The van der Waals surface area contributed by atoms with Gasteiger partial charge in [-0.1, -0.05) is 24.3 Å². The second-order valence-electron chi connectivity index (χ2n) is 4.93. The molecule has 2 aromatic rings. The van der Waals surface area contributed by atoms with E-state index in [4.69, 9.17) is 4.74 Å². The topological polar surface area (TPSA) is 38.3 Å². The number of nitrogens with one attached hydrogen (secondary N) is 1. The van der Waals surface area contributed by atoms with Crippen molar-refractivity contribution in [2.45, 2.75) is 13.8 Å². The Morgan fingerprint density at radius 2 is 1.90 bits per heavy atom. The zero-order chi connectivity index (χ0) is 15.2. The maximum absolute atomic E-state index is 12.2. The second-order valence-corrected chi connectivity index (χ2v) is 4.93. The number of benzene rings is 2. The van der Waals surface area contributed by atoms with Gasteiger partial charge in [0.2, 0.25) is 0 Å². The van der Waals surface area contributed by atoms with E-state index in [2.05, 4.69) is 5.32 Å². The lowest BCUT2D eigenvalue weighted by molar-refractivity contribution is -0.112. The first kappa shape index (κ1) is 14.9. The summed E-state index contributed by atoms with van der Waals surface area (Å²) in [7, 11) is 1.63. The van der Waals surface area contributed by atoms with Gasteiger partial charge in [0, 0.05) is 11.3 Å². The molecule has 0 radical (unpaired) electrons. The van der Waals surface area contributed by atoms with Crippen LogP contribution in [0.1, 0.15) is 18.1 Å². The molecule has 0 fully saturated rings. The fraction of sp³-hybridized carbons (Fsp3) is 0.167. The van der Waals surface area contributed by atoms with Gasteiger partial charge in [-0.25, -0.2) is 0 Å². The molecule has 3 nitrogen and oxygen atoms in total. The van der Waals surface area contributed by atoms with E-state index in [-0.39, 0.29) is 5.91 Å². The lowest BCUT2D eigenvalue weighted by Gasteiger charge is -2.07. The molecule has 0 heterocycles. The first-order valence-electron chi connectivity index (χ1n) is 6.79. The maximum Gasteiger partial charge on any atom is 0.251 e. The average molecular weight is 281 g/mol. The number of hydrogen-bond donors (Lipinski definition) is 1. The van der Waals surface area contributed by atoms with E-state index in [0.29, 0.717) is 5.57 Å².